The first-order valence-corrected chi connectivity index (χ1v) is 2.49. The van der Waals surface area contributed by atoms with E-state index in [0.29, 0.717) is 5.82 Å². The SMILES string of the molecule is C=Nc1cccn1N=C. The normalized spacial score (nSPS) is 8.89. The Bertz CT molecular complexity index is 201. The second-order valence-corrected chi connectivity index (χ2v) is 1.51. The maximum atomic E-state index is 3.68. The summed E-state index contributed by atoms with van der Waals surface area (Å²) in [6.07, 6.45) is 1.76. The molecule has 0 spiro atoms. The van der Waals surface area contributed by atoms with Gasteiger partial charge >= 0.3 is 0 Å². The van der Waals surface area contributed by atoms with Crippen LogP contribution in [0.4, 0.5) is 5.82 Å². The largest absolute Gasteiger partial charge is 0.245 e. The van der Waals surface area contributed by atoms with Crippen LogP contribution in [0.1, 0.15) is 0 Å². The summed E-state index contributed by atoms with van der Waals surface area (Å²) in [7, 11) is 0. The summed E-state index contributed by atoms with van der Waals surface area (Å²) in [4.78, 5) is 3.68. The number of hydrogen-bond acceptors (Lipinski definition) is 2. The van der Waals surface area contributed by atoms with Crippen molar-refractivity contribution in [2.24, 2.45) is 10.1 Å². The molecule has 46 valence electrons. The molecule has 1 aromatic heterocycles. The van der Waals surface area contributed by atoms with Crippen molar-refractivity contribution < 1.29 is 0 Å². The molecule has 3 nitrogen and oxygen atoms in total. The highest BCUT2D eigenvalue weighted by atomic mass is 15.4. The monoisotopic (exact) mass is 121 g/mol. The number of aliphatic imine (C=N–C) groups is 1. The third-order valence-electron chi connectivity index (χ3n) is 1.02. The van der Waals surface area contributed by atoms with Crippen molar-refractivity contribution in [3.05, 3.63) is 18.3 Å². The first-order valence-electron chi connectivity index (χ1n) is 2.49. The fraction of sp³-hybridized carbons (Fsp3) is 0. The molecule has 0 amide bonds. The van der Waals surface area contributed by atoms with E-state index >= 15 is 0 Å². The molecule has 3 heteroatoms. The van der Waals surface area contributed by atoms with Crippen LogP contribution in [0, 0.1) is 0 Å². The summed E-state index contributed by atoms with van der Waals surface area (Å²) in [5.74, 6) is 0.713. The third kappa shape index (κ3) is 0.887. The molecule has 0 N–H and O–H groups in total. The highest BCUT2D eigenvalue weighted by Gasteiger charge is 1.90. The summed E-state index contributed by atoms with van der Waals surface area (Å²) in [5, 5.41) is 3.63. The maximum absolute atomic E-state index is 3.68. The Morgan fingerprint density at radius 1 is 1.44 bits per heavy atom. The number of rotatable bonds is 2. The van der Waals surface area contributed by atoms with E-state index in [9.17, 15) is 0 Å². The van der Waals surface area contributed by atoms with Crippen molar-refractivity contribution in [1.29, 1.82) is 0 Å². The van der Waals surface area contributed by atoms with Crippen LogP contribution < -0.4 is 0 Å². The van der Waals surface area contributed by atoms with Gasteiger partial charge in [-0.3, -0.25) is 0 Å². The second kappa shape index (κ2) is 2.26. The van der Waals surface area contributed by atoms with Crippen LogP contribution in [-0.4, -0.2) is 18.1 Å². The van der Waals surface area contributed by atoms with E-state index in [-0.39, 0.29) is 0 Å². The lowest BCUT2D eigenvalue weighted by Gasteiger charge is -1.91. The zero-order valence-electron chi connectivity index (χ0n) is 4.99. The van der Waals surface area contributed by atoms with E-state index in [4.69, 9.17) is 0 Å². The molecule has 0 unspecified atom stereocenters. The Kier molecular flexibility index (Phi) is 1.44. The molecule has 0 aliphatic heterocycles. The molecule has 9 heavy (non-hydrogen) atoms. The second-order valence-electron chi connectivity index (χ2n) is 1.51. The lowest BCUT2D eigenvalue weighted by atomic mass is 10.6. The van der Waals surface area contributed by atoms with E-state index in [0.717, 1.165) is 0 Å². The van der Waals surface area contributed by atoms with Crippen LogP contribution in [0.3, 0.4) is 0 Å². The Morgan fingerprint density at radius 3 is 2.67 bits per heavy atom. The molecule has 0 aromatic carbocycles. The summed E-state index contributed by atoms with van der Waals surface area (Å²) in [6.45, 7) is 6.69. The predicted octanol–water partition coefficient (Wildman–Crippen LogP) is 1.28. The summed E-state index contributed by atoms with van der Waals surface area (Å²) in [5.41, 5.74) is 0. The molecule has 0 saturated carbocycles. The van der Waals surface area contributed by atoms with Crippen molar-refractivity contribution in [2.45, 2.75) is 0 Å². The van der Waals surface area contributed by atoms with E-state index < -0.39 is 0 Å². The van der Waals surface area contributed by atoms with Gasteiger partial charge in [0.25, 0.3) is 0 Å². The topological polar surface area (TPSA) is 29.6 Å². The van der Waals surface area contributed by atoms with Crippen LogP contribution in [0.5, 0.6) is 0 Å². The zero-order chi connectivity index (χ0) is 6.69. The molecule has 1 heterocycles. The molecular weight excluding hydrogens is 114 g/mol. The quantitative estimate of drug-likeness (QED) is 0.527. The van der Waals surface area contributed by atoms with E-state index in [1.165, 1.54) is 0 Å². The van der Waals surface area contributed by atoms with Crippen LogP contribution >= 0.6 is 0 Å². The number of nitrogens with zero attached hydrogens (tertiary/aromatic N) is 3. The maximum Gasteiger partial charge on any atom is 0.152 e. The first kappa shape index (κ1) is 5.75. The van der Waals surface area contributed by atoms with Crippen LogP contribution in [0.15, 0.2) is 28.4 Å². The Balaban J connectivity index is 3.12. The lowest BCUT2D eigenvalue weighted by Crippen LogP contribution is -1.79. The standard InChI is InChI=1S/C6H7N3/c1-7-6-4-3-5-9(6)8-2/h3-5H,1-2H2. The zero-order valence-corrected chi connectivity index (χ0v) is 4.99. The van der Waals surface area contributed by atoms with E-state index in [1.807, 2.05) is 12.1 Å². The van der Waals surface area contributed by atoms with Gasteiger partial charge in [-0.2, -0.15) is 5.10 Å². The van der Waals surface area contributed by atoms with Crippen LogP contribution in [0.2, 0.25) is 0 Å². The van der Waals surface area contributed by atoms with Crippen molar-refractivity contribution in [3.63, 3.8) is 0 Å². The molecule has 1 aromatic rings. The molecule has 0 fully saturated rings. The van der Waals surface area contributed by atoms with E-state index in [1.54, 1.807) is 10.9 Å². The van der Waals surface area contributed by atoms with Gasteiger partial charge in [-0.15, -0.1) is 0 Å². The van der Waals surface area contributed by atoms with Gasteiger partial charge in [-0.25, -0.2) is 9.67 Å². The van der Waals surface area contributed by atoms with Crippen molar-refractivity contribution in [3.8, 4) is 0 Å². The molecule has 0 atom stereocenters. The Labute approximate surface area is 53.3 Å². The fourth-order valence-electron chi connectivity index (χ4n) is 0.608. The third-order valence-corrected chi connectivity index (χ3v) is 1.02. The summed E-state index contributed by atoms with van der Waals surface area (Å²) >= 11 is 0. The van der Waals surface area contributed by atoms with Gasteiger partial charge in [-0.1, -0.05) is 0 Å². The highest BCUT2D eigenvalue weighted by molar-refractivity contribution is 5.41. The van der Waals surface area contributed by atoms with Gasteiger partial charge in [-0.05, 0) is 18.9 Å². The van der Waals surface area contributed by atoms with Gasteiger partial charge in [0, 0.05) is 12.9 Å². The lowest BCUT2D eigenvalue weighted by molar-refractivity contribution is 0.900. The smallest absolute Gasteiger partial charge is 0.152 e. The minimum absolute atomic E-state index is 0.713. The number of aromatic nitrogens is 1. The van der Waals surface area contributed by atoms with Gasteiger partial charge in [0.05, 0.1) is 0 Å². The summed E-state index contributed by atoms with van der Waals surface area (Å²) in [6, 6.07) is 3.64. The molecule has 1 rings (SSSR count). The molecule has 0 aliphatic rings. The fourth-order valence-corrected chi connectivity index (χ4v) is 0.608. The van der Waals surface area contributed by atoms with Gasteiger partial charge < -0.3 is 0 Å². The summed E-state index contributed by atoms with van der Waals surface area (Å²) < 4.78 is 1.55. The van der Waals surface area contributed by atoms with Crippen LogP contribution in [-0.2, 0) is 0 Å². The molecular formula is C6H7N3. The average Bonchev–Trinajstić information content (AvgIpc) is 2.33. The number of hydrogen-bond donors (Lipinski definition) is 0. The predicted molar refractivity (Wildman–Crippen MR) is 38.6 cm³/mol. The highest BCUT2D eigenvalue weighted by Crippen LogP contribution is 2.10. The minimum Gasteiger partial charge on any atom is -0.245 e. The van der Waals surface area contributed by atoms with Gasteiger partial charge in [0.15, 0.2) is 5.82 Å². The van der Waals surface area contributed by atoms with Crippen molar-refractivity contribution in [2.75, 3.05) is 0 Å². The molecule has 0 radical (unpaired) electrons. The van der Waals surface area contributed by atoms with Crippen LogP contribution in [0.25, 0.3) is 0 Å². The Morgan fingerprint density at radius 2 is 2.22 bits per heavy atom. The van der Waals surface area contributed by atoms with Crippen molar-refractivity contribution in [1.82, 2.24) is 4.68 Å². The first-order chi connectivity index (χ1) is 4.38. The van der Waals surface area contributed by atoms with Gasteiger partial charge in [0.2, 0.25) is 0 Å². The Hall–Kier alpha value is -1.38. The average molecular weight is 121 g/mol. The minimum atomic E-state index is 0.713. The molecule has 0 saturated heterocycles. The van der Waals surface area contributed by atoms with Gasteiger partial charge in [0.1, 0.15) is 0 Å². The van der Waals surface area contributed by atoms with E-state index in [2.05, 4.69) is 23.5 Å². The molecule has 0 bridgehead atoms. The van der Waals surface area contributed by atoms with Crippen molar-refractivity contribution >= 4 is 19.3 Å². The molecule has 0 aliphatic carbocycles.